The average molecular weight is 432 g/mol. The van der Waals surface area contributed by atoms with E-state index in [4.69, 9.17) is 16.3 Å². The van der Waals surface area contributed by atoms with Crippen molar-refractivity contribution in [3.63, 3.8) is 0 Å². The SMILES string of the molecule is CCCc1c(C(=O)NCC(c2ccccc2Cl)N2CCOCC2)[nH]c(C)c1C(C)=O. The van der Waals surface area contributed by atoms with Crippen molar-refractivity contribution >= 4 is 23.3 Å². The van der Waals surface area contributed by atoms with E-state index in [9.17, 15) is 9.59 Å². The van der Waals surface area contributed by atoms with Crippen LogP contribution in [0.25, 0.3) is 0 Å². The van der Waals surface area contributed by atoms with Crippen molar-refractivity contribution in [2.75, 3.05) is 32.8 Å². The minimum Gasteiger partial charge on any atom is -0.379 e. The number of aryl methyl sites for hydroxylation is 1. The number of H-pyrrole nitrogens is 1. The highest BCUT2D eigenvalue weighted by Crippen LogP contribution is 2.28. The van der Waals surface area contributed by atoms with Crippen LogP contribution in [0.5, 0.6) is 0 Å². The van der Waals surface area contributed by atoms with Gasteiger partial charge in [0, 0.05) is 35.9 Å². The fourth-order valence-electron chi connectivity index (χ4n) is 4.20. The monoisotopic (exact) mass is 431 g/mol. The first-order valence-corrected chi connectivity index (χ1v) is 10.9. The summed E-state index contributed by atoms with van der Waals surface area (Å²) in [6.45, 7) is 8.73. The van der Waals surface area contributed by atoms with Crippen molar-refractivity contribution < 1.29 is 14.3 Å². The summed E-state index contributed by atoms with van der Waals surface area (Å²) >= 11 is 6.48. The number of nitrogens with one attached hydrogen (secondary N) is 2. The molecule has 1 aromatic carbocycles. The Bertz CT molecular complexity index is 903. The van der Waals surface area contributed by atoms with Gasteiger partial charge in [-0.2, -0.15) is 0 Å². The number of aromatic amines is 1. The number of rotatable bonds is 8. The minimum absolute atomic E-state index is 0.0199. The van der Waals surface area contributed by atoms with E-state index >= 15 is 0 Å². The maximum atomic E-state index is 13.1. The van der Waals surface area contributed by atoms with Crippen LogP contribution in [0.15, 0.2) is 24.3 Å². The van der Waals surface area contributed by atoms with E-state index in [-0.39, 0.29) is 17.7 Å². The highest BCUT2D eigenvalue weighted by Gasteiger charge is 2.27. The largest absolute Gasteiger partial charge is 0.379 e. The number of hydrogen-bond donors (Lipinski definition) is 2. The number of Topliss-reactive ketones (excluding diaryl/α,β-unsaturated/α-hetero) is 1. The molecule has 1 aliphatic rings. The van der Waals surface area contributed by atoms with E-state index in [0.717, 1.165) is 36.3 Å². The molecule has 0 saturated carbocycles. The highest BCUT2D eigenvalue weighted by molar-refractivity contribution is 6.31. The maximum Gasteiger partial charge on any atom is 0.268 e. The average Bonchev–Trinajstić information content (AvgIpc) is 3.06. The Kier molecular flexibility index (Phi) is 7.69. The van der Waals surface area contributed by atoms with Gasteiger partial charge in [0.05, 0.1) is 19.3 Å². The highest BCUT2D eigenvalue weighted by atomic mass is 35.5. The molecule has 1 atom stereocenters. The van der Waals surface area contributed by atoms with Gasteiger partial charge in [-0.1, -0.05) is 43.1 Å². The Labute approximate surface area is 182 Å². The summed E-state index contributed by atoms with van der Waals surface area (Å²) in [6, 6.07) is 7.69. The number of ether oxygens (including phenoxy) is 1. The van der Waals surface area contributed by atoms with Crippen LogP contribution >= 0.6 is 11.6 Å². The van der Waals surface area contributed by atoms with Crippen LogP contribution in [0.4, 0.5) is 0 Å². The van der Waals surface area contributed by atoms with Gasteiger partial charge in [-0.25, -0.2) is 0 Å². The van der Waals surface area contributed by atoms with Gasteiger partial charge in [-0.15, -0.1) is 0 Å². The molecule has 2 N–H and O–H groups in total. The molecule has 1 aliphatic heterocycles. The molecule has 3 rings (SSSR count). The summed E-state index contributed by atoms with van der Waals surface area (Å²) in [7, 11) is 0. The fourth-order valence-corrected chi connectivity index (χ4v) is 4.46. The van der Waals surface area contributed by atoms with E-state index in [0.29, 0.717) is 42.5 Å². The summed E-state index contributed by atoms with van der Waals surface area (Å²) in [5.74, 6) is -0.215. The second-order valence-electron chi connectivity index (χ2n) is 7.68. The fraction of sp³-hybridized carbons (Fsp3) is 0.478. The molecule has 1 fully saturated rings. The van der Waals surface area contributed by atoms with Crippen LogP contribution < -0.4 is 5.32 Å². The molecule has 6 nitrogen and oxygen atoms in total. The van der Waals surface area contributed by atoms with Crippen molar-refractivity contribution in [1.29, 1.82) is 0 Å². The Morgan fingerprint density at radius 2 is 1.97 bits per heavy atom. The quantitative estimate of drug-likeness (QED) is 0.621. The Morgan fingerprint density at radius 1 is 1.27 bits per heavy atom. The van der Waals surface area contributed by atoms with Crippen molar-refractivity contribution in [2.45, 2.75) is 39.7 Å². The van der Waals surface area contributed by atoms with Crippen LogP contribution in [0.3, 0.4) is 0 Å². The predicted molar refractivity (Wildman–Crippen MR) is 118 cm³/mol. The van der Waals surface area contributed by atoms with Crippen LogP contribution in [0.1, 0.15) is 64.0 Å². The number of ketones is 1. The lowest BCUT2D eigenvalue weighted by atomic mass is 10.0. The number of carbonyl (C=O) groups excluding carboxylic acids is 2. The molecule has 1 amide bonds. The molecule has 0 aliphatic carbocycles. The number of nitrogens with zero attached hydrogens (tertiary/aromatic N) is 1. The topological polar surface area (TPSA) is 74.4 Å². The number of amides is 1. The summed E-state index contributed by atoms with van der Waals surface area (Å²) in [4.78, 5) is 30.6. The number of halogens is 1. The zero-order chi connectivity index (χ0) is 21.7. The zero-order valence-electron chi connectivity index (χ0n) is 17.9. The molecule has 2 heterocycles. The van der Waals surface area contributed by atoms with Crippen molar-refractivity contribution in [3.8, 4) is 0 Å². The molecule has 7 heteroatoms. The second kappa shape index (κ2) is 10.2. The van der Waals surface area contributed by atoms with Gasteiger partial charge in [0.1, 0.15) is 5.69 Å². The smallest absolute Gasteiger partial charge is 0.268 e. The third-order valence-electron chi connectivity index (χ3n) is 5.58. The number of aromatic nitrogens is 1. The van der Waals surface area contributed by atoms with Gasteiger partial charge < -0.3 is 15.0 Å². The van der Waals surface area contributed by atoms with Gasteiger partial charge in [0.15, 0.2) is 5.78 Å². The van der Waals surface area contributed by atoms with Crippen LogP contribution in [-0.2, 0) is 11.2 Å². The standard InChI is InChI=1S/C23H30ClN3O3/c1-4-7-18-21(16(3)28)15(2)26-22(18)23(29)25-14-20(27-10-12-30-13-11-27)17-8-5-6-9-19(17)24/h5-6,8-9,20,26H,4,7,10-14H2,1-3H3,(H,25,29). The van der Waals surface area contributed by atoms with Gasteiger partial charge in [0.2, 0.25) is 0 Å². The molecule has 2 aromatic rings. The second-order valence-corrected chi connectivity index (χ2v) is 8.09. The summed E-state index contributed by atoms with van der Waals surface area (Å²) in [5, 5.41) is 3.76. The van der Waals surface area contributed by atoms with Crippen LogP contribution in [0, 0.1) is 6.92 Å². The molecular weight excluding hydrogens is 402 g/mol. The Morgan fingerprint density at radius 3 is 2.60 bits per heavy atom. The van der Waals surface area contributed by atoms with Gasteiger partial charge in [0.25, 0.3) is 5.91 Å². The molecule has 1 unspecified atom stereocenters. The minimum atomic E-state index is -0.195. The van der Waals surface area contributed by atoms with Crippen LogP contribution in [0.2, 0.25) is 5.02 Å². The summed E-state index contributed by atoms with van der Waals surface area (Å²) in [5.41, 5.74) is 3.66. The molecule has 1 aromatic heterocycles. The zero-order valence-corrected chi connectivity index (χ0v) is 18.6. The van der Waals surface area contributed by atoms with E-state index in [1.54, 1.807) is 6.92 Å². The summed E-state index contributed by atoms with van der Waals surface area (Å²) < 4.78 is 5.49. The van der Waals surface area contributed by atoms with Crippen molar-refractivity contribution in [2.24, 2.45) is 0 Å². The van der Waals surface area contributed by atoms with Gasteiger partial charge >= 0.3 is 0 Å². The first-order valence-electron chi connectivity index (χ1n) is 10.5. The normalized spacial score (nSPS) is 15.7. The maximum absolute atomic E-state index is 13.1. The van der Waals surface area contributed by atoms with Crippen molar-refractivity contribution in [1.82, 2.24) is 15.2 Å². The third-order valence-corrected chi connectivity index (χ3v) is 5.92. The number of hydrogen-bond acceptors (Lipinski definition) is 4. The molecule has 162 valence electrons. The van der Waals surface area contributed by atoms with Gasteiger partial charge in [-0.05, 0) is 37.5 Å². The van der Waals surface area contributed by atoms with E-state index in [2.05, 4.69) is 15.2 Å². The molecular formula is C23H30ClN3O3. The lowest BCUT2D eigenvalue weighted by molar-refractivity contribution is 0.0162. The van der Waals surface area contributed by atoms with E-state index in [1.165, 1.54) is 0 Å². The Balaban J connectivity index is 1.83. The lowest BCUT2D eigenvalue weighted by Crippen LogP contribution is -2.44. The molecule has 0 radical (unpaired) electrons. The number of morpholine rings is 1. The van der Waals surface area contributed by atoms with Crippen molar-refractivity contribution in [3.05, 3.63) is 57.4 Å². The first-order chi connectivity index (χ1) is 14.4. The first kappa shape index (κ1) is 22.5. The van der Waals surface area contributed by atoms with Crippen LogP contribution in [-0.4, -0.2) is 54.4 Å². The lowest BCUT2D eigenvalue weighted by Gasteiger charge is -2.35. The molecule has 0 bridgehead atoms. The third kappa shape index (κ3) is 4.94. The van der Waals surface area contributed by atoms with E-state index in [1.807, 2.05) is 38.1 Å². The summed E-state index contributed by atoms with van der Waals surface area (Å²) in [6.07, 6.45) is 1.54. The van der Waals surface area contributed by atoms with Gasteiger partial charge in [-0.3, -0.25) is 14.5 Å². The van der Waals surface area contributed by atoms with E-state index < -0.39 is 0 Å². The molecule has 30 heavy (non-hydrogen) atoms. The molecule has 1 saturated heterocycles. The molecule has 0 spiro atoms. The predicted octanol–water partition coefficient (Wildman–Crippen LogP) is 3.93. The number of carbonyl (C=O) groups is 2. The number of benzene rings is 1. The Hall–Kier alpha value is -2.15.